The smallest absolute Gasteiger partial charge is 0.180 e. The molecule has 4 rings (SSSR count). The van der Waals surface area contributed by atoms with E-state index in [1.165, 1.54) is 5.56 Å². The van der Waals surface area contributed by atoms with E-state index in [9.17, 15) is 0 Å². The van der Waals surface area contributed by atoms with Crippen LogP contribution in [0.3, 0.4) is 0 Å². The second-order valence-electron chi connectivity index (χ2n) is 4.75. The summed E-state index contributed by atoms with van der Waals surface area (Å²) in [5, 5.41) is 14.9. The van der Waals surface area contributed by atoms with E-state index in [-0.39, 0.29) is 0 Å². The van der Waals surface area contributed by atoms with E-state index in [0.717, 1.165) is 22.0 Å². The van der Waals surface area contributed by atoms with Crippen molar-refractivity contribution in [1.82, 2.24) is 25.6 Å². The molecular formula is C16H11N5. The van der Waals surface area contributed by atoms with Gasteiger partial charge in [-0.15, -0.1) is 5.10 Å². The molecule has 21 heavy (non-hydrogen) atoms. The van der Waals surface area contributed by atoms with Crippen LogP contribution in [0.5, 0.6) is 0 Å². The molecule has 2 aromatic heterocycles. The van der Waals surface area contributed by atoms with Crippen molar-refractivity contribution in [3.8, 4) is 22.5 Å². The standard InChI is InChI=1S/C16H11N5/c1-2-4-11(5-3-1)12-6-7-15-13(8-12)9-14(10-17-15)16-18-20-21-19-16/h1-10H,(H,18,19,20,21). The van der Waals surface area contributed by atoms with Crippen LogP contribution in [0.15, 0.2) is 60.8 Å². The van der Waals surface area contributed by atoms with Gasteiger partial charge < -0.3 is 0 Å². The summed E-state index contributed by atoms with van der Waals surface area (Å²) in [5.74, 6) is 0.620. The van der Waals surface area contributed by atoms with Gasteiger partial charge in [0.1, 0.15) is 0 Å². The minimum absolute atomic E-state index is 0.620. The average Bonchev–Trinajstić information content (AvgIpc) is 3.09. The van der Waals surface area contributed by atoms with Crippen molar-refractivity contribution in [1.29, 1.82) is 0 Å². The molecule has 0 aliphatic heterocycles. The minimum atomic E-state index is 0.620. The highest BCUT2D eigenvalue weighted by molar-refractivity contribution is 5.87. The van der Waals surface area contributed by atoms with Gasteiger partial charge in [0.2, 0.25) is 0 Å². The molecule has 5 heteroatoms. The van der Waals surface area contributed by atoms with Gasteiger partial charge in [-0.2, -0.15) is 0 Å². The number of tetrazole rings is 1. The number of H-pyrrole nitrogens is 1. The lowest BCUT2D eigenvalue weighted by molar-refractivity contribution is 0.881. The van der Waals surface area contributed by atoms with Crippen molar-refractivity contribution in [2.75, 3.05) is 0 Å². The Morgan fingerprint density at radius 1 is 0.810 bits per heavy atom. The van der Waals surface area contributed by atoms with Gasteiger partial charge in [-0.25, -0.2) is 5.10 Å². The maximum atomic E-state index is 4.46. The Morgan fingerprint density at radius 3 is 2.48 bits per heavy atom. The molecule has 100 valence electrons. The summed E-state index contributed by atoms with van der Waals surface area (Å²) in [5.41, 5.74) is 4.17. The van der Waals surface area contributed by atoms with Gasteiger partial charge in [-0.1, -0.05) is 36.4 Å². The van der Waals surface area contributed by atoms with Gasteiger partial charge in [-0.3, -0.25) is 4.98 Å². The third kappa shape index (κ3) is 2.14. The van der Waals surface area contributed by atoms with Crippen molar-refractivity contribution < 1.29 is 0 Å². The van der Waals surface area contributed by atoms with Gasteiger partial charge in [0.15, 0.2) is 5.82 Å². The summed E-state index contributed by atoms with van der Waals surface area (Å²) in [6, 6.07) is 18.6. The number of fused-ring (bicyclic) bond motifs is 1. The molecule has 0 saturated heterocycles. The third-order valence-electron chi connectivity index (χ3n) is 3.41. The number of nitrogens with one attached hydrogen (secondary N) is 1. The number of aromatic amines is 1. The number of benzene rings is 2. The second-order valence-corrected chi connectivity index (χ2v) is 4.75. The summed E-state index contributed by atoms with van der Waals surface area (Å²) in [6.07, 6.45) is 1.77. The lowest BCUT2D eigenvalue weighted by atomic mass is 10.0. The van der Waals surface area contributed by atoms with Crippen molar-refractivity contribution in [3.05, 3.63) is 60.8 Å². The van der Waals surface area contributed by atoms with Crippen LogP contribution in [0, 0.1) is 0 Å². The number of nitrogens with zero attached hydrogens (tertiary/aromatic N) is 4. The number of hydrogen-bond donors (Lipinski definition) is 1. The summed E-state index contributed by atoms with van der Waals surface area (Å²) >= 11 is 0. The Kier molecular flexibility index (Phi) is 2.67. The molecule has 5 nitrogen and oxygen atoms in total. The highest BCUT2D eigenvalue weighted by Gasteiger charge is 2.05. The largest absolute Gasteiger partial charge is 0.255 e. The quantitative estimate of drug-likeness (QED) is 0.609. The van der Waals surface area contributed by atoms with Crippen molar-refractivity contribution in [2.24, 2.45) is 0 Å². The number of pyridine rings is 1. The summed E-state index contributed by atoms with van der Waals surface area (Å²) in [6.45, 7) is 0. The van der Waals surface area contributed by atoms with Crippen LogP contribution >= 0.6 is 0 Å². The Balaban J connectivity index is 1.86. The van der Waals surface area contributed by atoms with Gasteiger partial charge in [0, 0.05) is 17.1 Å². The third-order valence-corrected chi connectivity index (χ3v) is 3.41. The topological polar surface area (TPSA) is 67.3 Å². The van der Waals surface area contributed by atoms with Crippen LogP contribution in [-0.4, -0.2) is 25.6 Å². The number of rotatable bonds is 2. The lowest BCUT2D eigenvalue weighted by Crippen LogP contribution is -1.86. The SMILES string of the molecule is c1ccc(-c2ccc3ncc(-c4nnn[nH]4)cc3c2)cc1. The first kappa shape index (κ1) is 11.7. The van der Waals surface area contributed by atoms with Gasteiger partial charge >= 0.3 is 0 Å². The molecule has 0 aliphatic rings. The Morgan fingerprint density at radius 2 is 1.67 bits per heavy atom. The van der Waals surface area contributed by atoms with Crippen molar-refractivity contribution in [3.63, 3.8) is 0 Å². The molecule has 0 saturated carbocycles. The van der Waals surface area contributed by atoms with Crippen molar-refractivity contribution in [2.45, 2.75) is 0 Å². The molecule has 0 unspecified atom stereocenters. The molecule has 2 aromatic carbocycles. The molecular weight excluding hydrogens is 262 g/mol. The molecule has 0 atom stereocenters. The Hall–Kier alpha value is -3.08. The van der Waals surface area contributed by atoms with E-state index < -0.39 is 0 Å². The molecule has 0 fully saturated rings. The molecule has 0 bridgehead atoms. The fraction of sp³-hybridized carbons (Fsp3) is 0. The highest BCUT2D eigenvalue weighted by Crippen LogP contribution is 2.25. The normalized spacial score (nSPS) is 10.9. The molecule has 4 aromatic rings. The van der Waals surface area contributed by atoms with E-state index in [1.807, 2.05) is 30.3 Å². The summed E-state index contributed by atoms with van der Waals surface area (Å²) in [7, 11) is 0. The zero-order valence-corrected chi connectivity index (χ0v) is 11.1. The van der Waals surface area contributed by atoms with Crippen LogP contribution in [0.1, 0.15) is 0 Å². The van der Waals surface area contributed by atoms with E-state index in [4.69, 9.17) is 0 Å². The first-order valence-corrected chi connectivity index (χ1v) is 6.59. The predicted octanol–water partition coefficient (Wildman–Crippen LogP) is 3.08. The molecule has 2 heterocycles. The van der Waals surface area contributed by atoms with Crippen LogP contribution in [0.4, 0.5) is 0 Å². The number of hydrogen-bond acceptors (Lipinski definition) is 4. The lowest BCUT2D eigenvalue weighted by Gasteiger charge is -2.04. The molecule has 1 N–H and O–H groups in total. The van der Waals surface area contributed by atoms with Gasteiger partial charge in [0.05, 0.1) is 5.52 Å². The fourth-order valence-corrected chi connectivity index (χ4v) is 2.35. The van der Waals surface area contributed by atoms with Crippen LogP contribution < -0.4 is 0 Å². The summed E-state index contributed by atoms with van der Waals surface area (Å²) in [4.78, 5) is 4.46. The average molecular weight is 273 g/mol. The van der Waals surface area contributed by atoms with E-state index in [2.05, 4.69) is 49.9 Å². The first-order valence-electron chi connectivity index (χ1n) is 6.59. The second kappa shape index (κ2) is 4.79. The number of aromatic nitrogens is 5. The van der Waals surface area contributed by atoms with Crippen molar-refractivity contribution >= 4 is 10.9 Å². The maximum absolute atomic E-state index is 4.46. The minimum Gasteiger partial charge on any atom is -0.255 e. The Labute approximate surface area is 120 Å². The zero-order chi connectivity index (χ0) is 14.1. The predicted molar refractivity (Wildman–Crippen MR) is 80.4 cm³/mol. The fourth-order valence-electron chi connectivity index (χ4n) is 2.35. The van der Waals surface area contributed by atoms with Gasteiger partial charge in [0.25, 0.3) is 0 Å². The van der Waals surface area contributed by atoms with Crippen LogP contribution in [-0.2, 0) is 0 Å². The van der Waals surface area contributed by atoms with E-state index in [1.54, 1.807) is 6.20 Å². The van der Waals surface area contributed by atoms with Gasteiger partial charge in [-0.05, 0) is 39.8 Å². The zero-order valence-electron chi connectivity index (χ0n) is 11.1. The molecule has 0 spiro atoms. The molecule has 0 radical (unpaired) electrons. The highest BCUT2D eigenvalue weighted by atomic mass is 15.5. The molecule has 0 amide bonds. The monoisotopic (exact) mass is 273 g/mol. The first-order chi connectivity index (χ1) is 10.4. The maximum Gasteiger partial charge on any atom is 0.180 e. The molecule has 0 aliphatic carbocycles. The Bertz CT molecular complexity index is 885. The summed E-state index contributed by atoms with van der Waals surface area (Å²) < 4.78 is 0. The van der Waals surface area contributed by atoms with Crippen LogP contribution in [0.25, 0.3) is 33.4 Å². The van der Waals surface area contributed by atoms with E-state index in [0.29, 0.717) is 5.82 Å². The van der Waals surface area contributed by atoms with E-state index >= 15 is 0 Å². The van der Waals surface area contributed by atoms with Crippen LogP contribution in [0.2, 0.25) is 0 Å².